The number of benzene rings is 5. The number of nitrogens with one attached hydrogen (secondary N) is 3. The number of ether oxygens (including phenoxy) is 3. The Labute approximate surface area is 399 Å². The topological polar surface area (TPSA) is 206 Å². The molecule has 5 aromatic carbocycles. The van der Waals surface area contributed by atoms with Crippen LogP contribution >= 0.6 is 34.5 Å². The molecule has 3 amide bonds. The minimum atomic E-state index is -4.48. The zero-order valence-corrected chi connectivity index (χ0v) is 39.1. The number of halogens is 2. The molecular formula is C48H40Cl2N6O9S2. The quantitative estimate of drug-likeness (QED) is 0.100. The number of thiazole rings is 1. The third-order valence-corrected chi connectivity index (χ3v) is 15.4. The van der Waals surface area contributed by atoms with Gasteiger partial charge in [0.2, 0.25) is 11.8 Å². The average Bonchev–Trinajstić information content (AvgIpc) is 3.70. The molecule has 3 N–H and O–H groups in total. The second-order valence-electron chi connectivity index (χ2n) is 15.7. The first kappa shape index (κ1) is 46.7. The first-order valence-corrected chi connectivity index (χ1v) is 23.7. The number of aryl methyl sites for hydroxylation is 1. The van der Waals surface area contributed by atoms with Gasteiger partial charge in [-0.25, -0.2) is 18.2 Å². The van der Waals surface area contributed by atoms with Gasteiger partial charge in [-0.05, 0) is 101 Å². The van der Waals surface area contributed by atoms with Crippen molar-refractivity contribution in [2.24, 2.45) is 0 Å². The molecule has 8 rings (SSSR count). The molecule has 0 fully saturated rings. The van der Waals surface area contributed by atoms with Crippen molar-refractivity contribution in [3.05, 3.63) is 152 Å². The number of esters is 1. The summed E-state index contributed by atoms with van der Waals surface area (Å²) in [5.41, 5.74) is 5.90. The number of hydrogen-bond acceptors (Lipinski definition) is 12. The summed E-state index contributed by atoms with van der Waals surface area (Å²) in [5, 5.41) is 18.0. The lowest BCUT2D eigenvalue weighted by Crippen LogP contribution is -2.56. The van der Waals surface area contributed by atoms with Gasteiger partial charge in [0, 0.05) is 31.1 Å². The number of rotatable bonds is 12. The molecule has 0 radical (unpaired) electrons. The van der Waals surface area contributed by atoms with E-state index >= 15 is 0 Å². The Kier molecular flexibility index (Phi) is 13.6. The van der Waals surface area contributed by atoms with E-state index in [1.807, 2.05) is 36.4 Å². The normalized spacial score (nSPS) is 15.9. The summed E-state index contributed by atoms with van der Waals surface area (Å²) in [6.07, 6.45) is -0.632. The van der Waals surface area contributed by atoms with Crippen molar-refractivity contribution < 1.29 is 41.8 Å². The van der Waals surface area contributed by atoms with Crippen LogP contribution in [0.15, 0.2) is 107 Å². The van der Waals surface area contributed by atoms with Gasteiger partial charge in [-0.3, -0.25) is 14.4 Å². The van der Waals surface area contributed by atoms with Crippen LogP contribution in [0.1, 0.15) is 56.9 Å². The van der Waals surface area contributed by atoms with Gasteiger partial charge in [0.15, 0.2) is 26.9 Å². The lowest BCUT2D eigenvalue weighted by molar-refractivity contribution is -0.145. The Morgan fingerprint density at radius 1 is 0.910 bits per heavy atom. The maximum atomic E-state index is 14.7. The number of sulfonamides is 1. The Hall–Kier alpha value is -6.81. The van der Waals surface area contributed by atoms with E-state index in [1.54, 1.807) is 60.7 Å². The summed E-state index contributed by atoms with van der Waals surface area (Å²) < 4.78 is 48.1. The van der Waals surface area contributed by atoms with Crippen molar-refractivity contribution in [3.8, 4) is 28.7 Å². The minimum Gasteiger partial charge on any atom is -0.485 e. The third-order valence-electron chi connectivity index (χ3n) is 11.2. The van der Waals surface area contributed by atoms with Crippen molar-refractivity contribution in [2.45, 2.75) is 55.6 Å². The summed E-state index contributed by atoms with van der Waals surface area (Å²) in [7, 11) is -3.28. The van der Waals surface area contributed by atoms with Gasteiger partial charge in [-0.1, -0.05) is 83.1 Å². The van der Waals surface area contributed by atoms with Crippen molar-refractivity contribution in [3.63, 3.8) is 0 Å². The second kappa shape index (κ2) is 19.6. The molecule has 0 saturated carbocycles. The van der Waals surface area contributed by atoms with E-state index in [4.69, 9.17) is 42.7 Å². The summed E-state index contributed by atoms with van der Waals surface area (Å²) >= 11 is 12.9. The number of fused-ring (bicyclic) bond motifs is 2. The number of carbonyl (C=O) groups is 4. The smallest absolute Gasteiger partial charge is 0.328 e. The van der Waals surface area contributed by atoms with Gasteiger partial charge in [-0.2, -0.15) is 9.57 Å². The fourth-order valence-electron chi connectivity index (χ4n) is 7.73. The van der Waals surface area contributed by atoms with Gasteiger partial charge in [0.25, 0.3) is 15.9 Å². The Morgan fingerprint density at radius 2 is 1.60 bits per heavy atom. The number of carbonyl (C=O) groups excluding carboxylic acids is 4. The first-order valence-electron chi connectivity index (χ1n) is 20.7. The number of nitrogens with zero attached hydrogens (tertiary/aromatic N) is 3. The Balaban J connectivity index is 1.04. The van der Waals surface area contributed by atoms with Crippen LogP contribution in [0.4, 0.5) is 10.8 Å². The van der Waals surface area contributed by atoms with Crippen LogP contribution in [-0.2, 0) is 48.5 Å². The van der Waals surface area contributed by atoms with Crippen molar-refractivity contribution in [2.75, 3.05) is 24.4 Å². The number of nitriles is 1. The molecule has 0 saturated heterocycles. The summed E-state index contributed by atoms with van der Waals surface area (Å²) in [4.78, 5) is 56.8. The molecule has 15 nitrogen and oxygen atoms in total. The largest absolute Gasteiger partial charge is 0.485 e. The van der Waals surface area contributed by atoms with Crippen LogP contribution in [0, 0.1) is 18.3 Å². The molecule has 0 spiro atoms. The van der Waals surface area contributed by atoms with E-state index in [0.717, 1.165) is 32.3 Å². The maximum Gasteiger partial charge on any atom is 0.328 e. The van der Waals surface area contributed by atoms with Crippen molar-refractivity contribution in [1.29, 1.82) is 5.26 Å². The SMILES string of the molecule is COC(=O)C(Cc1ccc(-c2ccc(C#N)cc2)cc1)NC(=O)[C@@H]1Cc2cc3c(cc2CN1S(=O)(=O)c1sc(NC(C)=O)nc1C)O[C@@H](c1ccc(NC(=O)c2ccc(Cl)c(Cl)c2)cc1)CO3. The van der Waals surface area contributed by atoms with Gasteiger partial charge in [0.05, 0.1) is 34.5 Å². The fourth-order valence-corrected chi connectivity index (χ4v) is 11.2. The molecule has 1 aromatic heterocycles. The molecule has 6 aromatic rings. The molecule has 1 unspecified atom stereocenters. The van der Waals surface area contributed by atoms with E-state index in [1.165, 1.54) is 27.0 Å². The van der Waals surface area contributed by atoms with E-state index in [2.05, 4.69) is 27.0 Å². The van der Waals surface area contributed by atoms with Crippen LogP contribution in [0.2, 0.25) is 10.0 Å². The van der Waals surface area contributed by atoms with Crippen LogP contribution < -0.4 is 25.4 Å². The number of anilines is 2. The molecule has 2 aliphatic heterocycles. The molecule has 2 aliphatic rings. The predicted octanol–water partition coefficient (Wildman–Crippen LogP) is 8.04. The minimum absolute atomic E-state index is 0.0338. The number of amides is 3. The lowest BCUT2D eigenvalue weighted by atomic mass is 9.93. The monoisotopic (exact) mass is 978 g/mol. The molecule has 0 bridgehead atoms. The Morgan fingerprint density at radius 3 is 2.25 bits per heavy atom. The second-order valence-corrected chi connectivity index (χ2v) is 19.6. The van der Waals surface area contributed by atoms with Crippen LogP contribution in [0.25, 0.3) is 11.1 Å². The highest BCUT2D eigenvalue weighted by Crippen LogP contribution is 2.42. The summed E-state index contributed by atoms with van der Waals surface area (Å²) in [6.45, 7) is 2.64. The highest BCUT2D eigenvalue weighted by Gasteiger charge is 2.43. The average molecular weight is 980 g/mol. The van der Waals surface area contributed by atoms with Gasteiger partial charge in [0.1, 0.15) is 18.7 Å². The first-order chi connectivity index (χ1) is 32.1. The molecule has 3 heterocycles. The van der Waals surface area contributed by atoms with E-state index in [9.17, 15) is 27.6 Å². The van der Waals surface area contributed by atoms with Crippen molar-refractivity contribution in [1.82, 2.24) is 14.6 Å². The predicted molar refractivity (Wildman–Crippen MR) is 252 cm³/mol. The zero-order valence-electron chi connectivity index (χ0n) is 36.0. The number of hydrogen-bond donors (Lipinski definition) is 3. The molecular weight excluding hydrogens is 940 g/mol. The number of methoxy groups -OCH3 is 1. The standard InChI is InChI=1S/C48H40Cl2N6O9S2/c1-26-47(66-48(52-26)53-27(2)57)67(61,62)56-24-35-22-42-41(64-25-43(65-42)32-12-15-36(16-13-32)54-44(58)33-14-17-37(49)38(50)19-33)21-34(35)20-40(56)45(59)55-39(46(60)63-3)18-28-4-8-30(9-5-28)31-10-6-29(23-51)7-11-31/h4-17,19,21-22,39-40,43H,18,20,24-25H2,1-3H3,(H,54,58)(H,55,59)(H,52,53,57)/t39?,40-,43+/m0/s1. The van der Waals surface area contributed by atoms with Gasteiger partial charge < -0.3 is 30.2 Å². The highest BCUT2D eigenvalue weighted by molar-refractivity contribution is 7.91. The maximum absolute atomic E-state index is 14.7. The molecule has 342 valence electrons. The zero-order chi connectivity index (χ0) is 47.6. The van der Waals surface area contributed by atoms with Crippen LogP contribution in [-0.4, -0.2) is 67.2 Å². The number of aromatic nitrogens is 1. The third kappa shape index (κ3) is 10.3. The van der Waals surface area contributed by atoms with Gasteiger partial charge >= 0.3 is 5.97 Å². The molecule has 0 aliphatic carbocycles. The molecule has 3 atom stereocenters. The highest BCUT2D eigenvalue weighted by atomic mass is 35.5. The summed E-state index contributed by atoms with van der Waals surface area (Å²) in [6, 6.07) is 29.1. The fraction of sp³-hybridized carbons (Fsp3) is 0.208. The molecule has 19 heteroatoms. The van der Waals surface area contributed by atoms with E-state index < -0.39 is 46.0 Å². The van der Waals surface area contributed by atoms with E-state index in [-0.39, 0.29) is 52.0 Å². The van der Waals surface area contributed by atoms with Crippen molar-refractivity contribution >= 4 is 79.1 Å². The Bertz CT molecular complexity index is 3070. The lowest BCUT2D eigenvalue weighted by Gasteiger charge is -2.36. The van der Waals surface area contributed by atoms with Crippen LogP contribution in [0.3, 0.4) is 0 Å². The van der Waals surface area contributed by atoms with Gasteiger partial charge in [-0.15, -0.1) is 0 Å². The van der Waals surface area contributed by atoms with Crippen LogP contribution in [0.5, 0.6) is 11.5 Å². The molecule has 67 heavy (non-hydrogen) atoms. The summed E-state index contributed by atoms with van der Waals surface area (Å²) in [5.74, 6) is -1.54. The van der Waals surface area contributed by atoms with E-state index in [0.29, 0.717) is 50.0 Å².